The quantitative estimate of drug-likeness (QED) is 0.845. The zero-order chi connectivity index (χ0) is 16.8. The van der Waals surface area contributed by atoms with Gasteiger partial charge in [0.2, 0.25) is 5.88 Å². The third kappa shape index (κ3) is 4.33. The zero-order valence-corrected chi connectivity index (χ0v) is 14.1. The van der Waals surface area contributed by atoms with Gasteiger partial charge in [0.15, 0.2) is 0 Å². The minimum absolute atomic E-state index is 0.601. The van der Waals surface area contributed by atoms with E-state index in [0.29, 0.717) is 5.92 Å². The summed E-state index contributed by atoms with van der Waals surface area (Å²) >= 11 is 0. The predicted octanol–water partition coefficient (Wildman–Crippen LogP) is 3.55. The molecule has 0 N–H and O–H groups in total. The predicted molar refractivity (Wildman–Crippen MR) is 93.6 cm³/mol. The highest BCUT2D eigenvalue weighted by Crippen LogP contribution is 2.21. The Morgan fingerprint density at radius 3 is 2.62 bits per heavy atom. The standard InChI is InChI=1S/C20H23N3O/c1-16-3-2-10-22-20(16)24-15-19-8-11-23(12-9-19)14-18-6-4-17(13-21)5-7-18/h2-7,10,19H,8-9,11-12,14-15H2,1H3. The molecule has 0 unspecified atom stereocenters. The van der Waals surface area contributed by atoms with Gasteiger partial charge in [0.05, 0.1) is 18.2 Å². The van der Waals surface area contributed by atoms with E-state index in [0.717, 1.165) is 56.1 Å². The molecule has 1 aliphatic rings. The maximum atomic E-state index is 8.85. The molecule has 0 bridgehead atoms. The van der Waals surface area contributed by atoms with Crippen molar-refractivity contribution in [2.75, 3.05) is 19.7 Å². The van der Waals surface area contributed by atoms with Crippen molar-refractivity contribution in [3.05, 3.63) is 59.3 Å². The lowest BCUT2D eigenvalue weighted by molar-refractivity contribution is 0.134. The summed E-state index contributed by atoms with van der Waals surface area (Å²) < 4.78 is 5.90. The number of aromatic nitrogens is 1. The molecule has 124 valence electrons. The molecule has 24 heavy (non-hydrogen) atoms. The summed E-state index contributed by atoms with van der Waals surface area (Å²) in [6.45, 7) is 5.92. The van der Waals surface area contributed by atoms with Gasteiger partial charge in [0.25, 0.3) is 0 Å². The van der Waals surface area contributed by atoms with Crippen LogP contribution in [0.1, 0.15) is 29.5 Å². The van der Waals surface area contributed by atoms with Crippen molar-refractivity contribution in [1.82, 2.24) is 9.88 Å². The third-order valence-electron chi connectivity index (χ3n) is 4.61. The number of piperidine rings is 1. The van der Waals surface area contributed by atoms with Crippen LogP contribution in [0.2, 0.25) is 0 Å². The van der Waals surface area contributed by atoms with E-state index in [9.17, 15) is 0 Å². The van der Waals surface area contributed by atoms with Crippen molar-refractivity contribution in [3.63, 3.8) is 0 Å². The first-order chi connectivity index (χ1) is 11.7. The molecule has 1 saturated heterocycles. The first-order valence-electron chi connectivity index (χ1n) is 8.50. The third-order valence-corrected chi connectivity index (χ3v) is 4.61. The molecular weight excluding hydrogens is 298 g/mol. The maximum Gasteiger partial charge on any atom is 0.216 e. The van der Waals surface area contributed by atoms with Crippen molar-refractivity contribution >= 4 is 0 Å². The average molecular weight is 321 g/mol. The molecule has 3 rings (SSSR count). The Bertz CT molecular complexity index is 698. The number of nitriles is 1. The summed E-state index contributed by atoms with van der Waals surface area (Å²) in [4.78, 5) is 6.77. The number of likely N-dealkylation sites (tertiary alicyclic amines) is 1. The molecule has 2 heterocycles. The summed E-state index contributed by atoms with van der Waals surface area (Å²) in [5.41, 5.74) is 3.09. The van der Waals surface area contributed by atoms with E-state index in [1.54, 1.807) is 6.20 Å². The van der Waals surface area contributed by atoms with Crippen LogP contribution in [0.25, 0.3) is 0 Å². The molecule has 1 aromatic heterocycles. The minimum Gasteiger partial charge on any atom is -0.477 e. The Balaban J connectivity index is 1.44. The number of hydrogen-bond donors (Lipinski definition) is 0. The van der Waals surface area contributed by atoms with Crippen LogP contribution in [-0.2, 0) is 6.54 Å². The second kappa shape index (κ2) is 7.94. The van der Waals surface area contributed by atoms with Crippen molar-refractivity contribution in [2.45, 2.75) is 26.3 Å². The molecule has 0 radical (unpaired) electrons. The number of ether oxygens (including phenoxy) is 1. The molecule has 0 saturated carbocycles. The van der Waals surface area contributed by atoms with E-state index < -0.39 is 0 Å². The maximum absolute atomic E-state index is 8.85. The van der Waals surface area contributed by atoms with Crippen LogP contribution < -0.4 is 4.74 Å². The fourth-order valence-electron chi connectivity index (χ4n) is 3.07. The van der Waals surface area contributed by atoms with Crippen LogP contribution in [0.5, 0.6) is 5.88 Å². The van der Waals surface area contributed by atoms with E-state index in [1.165, 1.54) is 5.56 Å². The van der Waals surface area contributed by atoms with Gasteiger partial charge in [-0.05, 0) is 62.5 Å². The van der Waals surface area contributed by atoms with E-state index in [-0.39, 0.29) is 0 Å². The minimum atomic E-state index is 0.601. The lowest BCUT2D eigenvalue weighted by atomic mass is 9.97. The molecular formula is C20H23N3O. The summed E-state index contributed by atoms with van der Waals surface area (Å²) in [6, 6.07) is 14.0. The molecule has 4 heteroatoms. The van der Waals surface area contributed by atoms with Gasteiger partial charge in [0.1, 0.15) is 0 Å². The number of hydrogen-bond acceptors (Lipinski definition) is 4. The van der Waals surface area contributed by atoms with E-state index in [1.807, 2.05) is 31.2 Å². The summed E-state index contributed by atoms with van der Waals surface area (Å²) in [6.07, 6.45) is 4.09. The first kappa shape index (κ1) is 16.5. The van der Waals surface area contributed by atoms with Gasteiger partial charge in [-0.15, -0.1) is 0 Å². The van der Waals surface area contributed by atoms with Gasteiger partial charge < -0.3 is 4.74 Å². The molecule has 0 atom stereocenters. The number of pyridine rings is 1. The van der Waals surface area contributed by atoms with Gasteiger partial charge in [-0.2, -0.15) is 5.26 Å². The van der Waals surface area contributed by atoms with Gasteiger partial charge in [-0.25, -0.2) is 4.98 Å². The number of rotatable bonds is 5. The fourth-order valence-corrected chi connectivity index (χ4v) is 3.07. The normalized spacial score (nSPS) is 15.8. The number of nitrogens with zero attached hydrogens (tertiary/aromatic N) is 3. The molecule has 2 aromatic rings. The van der Waals surface area contributed by atoms with Gasteiger partial charge in [-0.1, -0.05) is 18.2 Å². The van der Waals surface area contributed by atoms with Crippen molar-refractivity contribution < 1.29 is 4.74 Å². The molecule has 4 nitrogen and oxygen atoms in total. The van der Waals surface area contributed by atoms with Crippen LogP contribution in [0.15, 0.2) is 42.6 Å². The number of aryl methyl sites for hydroxylation is 1. The van der Waals surface area contributed by atoms with E-state index >= 15 is 0 Å². The van der Waals surface area contributed by atoms with Crippen LogP contribution in [0, 0.1) is 24.2 Å². The van der Waals surface area contributed by atoms with Gasteiger partial charge in [0, 0.05) is 18.3 Å². The lowest BCUT2D eigenvalue weighted by Crippen LogP contribution is -2.35. The highest BCUT2D eigenvalue weighted by Gasteiger charge is 2.20. The van der Waals surface area contributed by atoms with Crippen LogP contribution in [0.4, 0.5) is 0 Å². The van der Waals surface area contributed by atoms with Gasteiger partial charge >= 0.3 is 0 Å². The van der Waals surface area contributed by atoms with Crippen LogP contribution in [0.3, 0.4) is 0 Å². The molecule has 1 aliphatic heterocycles. The fraction of sp³-hybridized carbons (Fsp3) is 0.400. The largest absolute Gasteiger partial charge is 0.477 e. The second-order valence-corrected chi connectivity index (χ2v) is 6.46. The average Bonchev–Trinajstić information content (AvgIpc) is 2.63. The van der Waals surface area contributed by atoms with Crippen molar-refractivity contribution in [2.24, 2.45) is 5.92 Å². The highest BCUT2D eigenvalue weighted by molar-refractivity contribution is 5.31. The Morgan fingerprint density at radius 2 is 1.96 bits per heavy atom. The first-order valence-corrected chi connectivity index (χ1v) is 8.50. The zero-order valence-electron chi connectivity index (χ0n) is 14.1. The molecule has 0 aliphatic carbocycles. The smallest absolute Gasteiger partial charge is 0.216 e. The Kier molecular flexibility index (Phi) is 5.45. The summed E-state index contributed by atoms with van der Waals surface area (Å²) in [7, 11) is 0. The summed E-state index contributed by atoms with van der Waals surface area (Å²) in [5, 5.41) is 8.85. The molecule has 1 aromatic carbocycles. The second-order valence-electron chi connectivity index (χ2n) is 6.46. The van der Waals surface area contributed by atoms with Crippen LogP contribution >= 0.6 is 0 Å². The monoisotopic (exact) mass is 321 g/mol. The Hall–Kier alpha value is -2.38. The van der Waals surface area contributed by atoms with E-state index in [2.05, 4.69) is 28.1 Å². The summed E-state index contributed by atoms with van der Waals surface area (Å²) in [5.74, 6) is 1.36. The van der Waals surface area contributed by atoms with Crippen molar-refractivity contribution in [1.29, 1.82) is 5.26 Å². The van der Waals surface area contributed by atoms with Crippen LogP contribution in [-0.4, -0.2) is 29.6 Å². The Morgan fingerprint density at radius 1 is 1.21 bits per heavy atom. The molecule has 0 amide bonds. The SMILES string of the molecule is Cc1cccnc1OCC1CCN(Cc2ccc(C#N)cc2)CC1. The Labute approximate surface area is 143 Å². The van der Waals surface area contributed by atoms with E-state index in [4.69, 9.17) is 10.00 Å². The molecule has 0 spiro atoms. The lowest BCUT2D eigenvalue weighted by Gasteiger charge is -2.31. The van der Waals surface area contributed by atoms with Gasteiger partial charge in [-0.3, -0.25) is 4.90 Å². The highest BCUT2D eigenvalue weighted by atomic mass is 16.5. The van der Waals surface area contributed by atoms with Crippen molar-refractivity contribution in [3.8, 4) is 11.9 Å². The topological polar surface area (TPSA) is 49.1 Å². The number of benzene rings is 1. The molecule has 1 fully saturated rings.